The molecule has 3 heteroatoms. The first-order valence-electron chi connectivity index (χ1n) is 7.54. The Labute approximate surface area is 125 Å². The molecule has 0 saturated heterocycles. The third-order valence-corrected chi connectivity index (χ3v) is 3.96. The van der Waals surface area contributed by atoms with Gasteiger partial charge in [0.15, 0.2) is 0 Å². The molecule has 0 radical (unpaired) electrons. The van der Waals surface area contributed by atoms with Crippen LogP contribution in [0.15, 0.2) is 42.5 Å². The summed E-state index contributed by atoms with van der Waals surface area (Å²) in [6.07, 6.45) is 3.04. The molecule has 21 heavy (non-hydrogen) atoms. The number of nitrogens with one attached hydrogen (secondary N) is 2. The third kappa shape index (κ3) is 2.92. The maximum atomic E-state index is 12.5. The third-order valence-electron chi connectivity index (χ3n) is 3.96. The van der Waals surface area contributed by atoms with Crippen LogP contribution in [0.3, 0.4) is 0 Å². The van der Waals surface area contributed by atoms with Crippen LogP contribution < -0.4 is 10.6 Å². The highest BCUT2D eigenvalue weighted by atomic mass is 16.1. The first-order chi connectivity index (χ1) is 10.3. The Morgan fingerprint density at radius 3 is 2.76 bits per heavy atom. The average molecular weight is 280 g/mol. The summed E-state index contributed by atoms with van der Waals surface area (Å²) in [6, 6.07) is 13.9. The van der Waals surface area contributed by atoms with Crippen molar-refractivity contribution in [2.45, 2.75) is 26.2 Å². The molecular formula is C18H20N2O. The number of amides is 1. The summed E-state index contributed by atoms with van der Waals surface area (Å²) >= 11 is 0. The monoisotopic (exact) mass is 280 g/mol. The lowest BCUT2D eigenvalue weighted by molar-refractivity contribution is 0.102. The van der Waals surface area contributed by atoms with Crippen molar-refractivity contribution in [1.82, 2.24) is 0 Å². The maximum Gasteiger partial charge on any atom is 0.256 e. The Kier molecular flexibility index (Phi) is 3.91. The minimum absolute atomic E-state index is 0.0280. The second-order valence-electron chi connectivity index (χ2n) is 5.37. The van der Waals surface area contributed by atoms with Gasteiger partial charge in [0.25, 0.3) is 5.91 Å². The van der Waals surface area contributed by atoms with Gasteiger partial charge in [-0.15, -0.1) is 0 Å². The minimum atomic E-state index is -0.0280. The summed E-state index contributed by atoms with van der Waals surface area (Å²) in [5.74, 6) is -0.0280. The molecule has 0 aliphatic carbocycles. The van der Waals surface area contributed by atoms with Crippen LogP contribution in [0.2, 0.25) is 0 Å². The van der Waals surface area contributed by atoms with Gasteiger partial charge in [-0.05, 0) is 54.7 Å². The van der Waals surface area contributed by atoms with Crippen molar-refractivity contribution in [1.29, 1.82) is 0 Å². The number of hydrogen-bond acceptors (Lipinski definition) is 2. The first kappa shape index (κ1) is 13.7. The molecule has 2 N–H and O–H groups in total. The summed E-state index contributed by atoms with van der Waals surface area (Å²) in [5, 5.41) is 6.35. The molecule has 1 amide bonds. The molecule has 3 nitrogen and oxygen atoms in total. The smallest absolute Gasteiger partial charge is 0.256 e. The van der Waals surface area contributed by atoms with E-state index in [-0.39, 0.29) is 5.91 Å². The number of aryl methyl sites for hydroxylation is 1. The fraction of sp³-hybridized carbons (Fsp3) is 0.278. The SMILES string of the molecule is CCc1ccc(NC(=O)c2cccc3c2CCCN3)cc1. The van der Waals surface area contributed by atoms with Gasteiger partial charge in [-0.25, -0.2) is 0 Å². The highest BCUT2D eigenvalue weighted by Gasteiger charge is 2.17. The molecule has 0 fully saturated rings. The summed E-state index contributed by atoms with van der Waals surface area (Å²) in [7, 11) is 0. The van der Waals surface area contributed by atoms with Gasteiger partial charge in [0.2, 0.25) is 0 Å². The number of benzene rings is 2. The second kappa shape index (κ2) is 6.00. The Morgan fingerprint density at radius 1 is 1.19 bits per heavy atom. The maximum absolute atomic E-state index is 12.5. The van der Waals surface area contributed by atoms with E-state index in [9.17, 15) is 4.79 Å². The van der Waals surface area contributed by atoms with Crippen LogP contribution in [-0.4, -0.2) is 12.5 Å². The van der Waals surface area contributed by atoms with Crippen molar-refractivity contribution in [3.63, 3.8) is 0 Å². The minimum Gasteiger partial charge on any atom is -0.385 e. The molecule has 1 aliphatic rings. The van der Waals surface area contributed by atoms with Crippen molar-refractivity contribution >= 4 is 17.3 Å². The predicted octanol–water partition coefficient (Wildman–Crippen LogP) is 3.86. The van der Waals surface area contributed by atoms with Crippen LogP contribution in [0, 0.1) is 0 Å². The lowest BCUT2D eigenvalue weighted by Crippen LogP contribution is -2.19. The fourth-order valence-corrected chi connectivity index (χ4v) is 2.74. The van der Waals surface area contributed by atoms with Gasteiger partial charge < -0.3 is 10.6 Å². The summed E-state index contributed by atoms with van der Waals surface area (Å²) in [5.41, 5.74) is 5.12. The largest absolute Gasteiger partial charge is 0.385 e. The van der Waals surface area contributed by atoms with Crippen LogP contribution in [0.1, 0.15) is 34.8 Å². The van der Waals surface area contributed by atoms with Gasteiger partial charge in [-0.3, -0.25) is 4.79 Å². The van der Waals surface area contributed by atoms with Crippen LogP contribution in [0.4, 0.5) is 11.4 Å². The van der Waals surface area contributed by atoms with Gasteiger partial charge in [0, 0.05) is 23.5 Å². The van der Waals surface area contributed by atoms with E-state index < -0.39 is 0 Å². The molecule has 1 aliphatic heterocycles. The van der Waals surface area contributed by atoms with E-state index in [2.05, 4.69) is 29.7 Å². The molecule has 0 unspecified atom stereocenters. The Hall–Kier alpha value is -2.29. The van der Waals surface area contributed by atoms with Crippen LogP contribution >= 0.6 is 0 Å². The summed E-state index contributed by atoms with van der Waals surface area (Å²) < 4.78 is 0. The number of carbonyl (C=O) groups is 1. The molecule has 1 heterocycles. The number of rotatable bonds is 3. The molecule has 0 saturated carbocycles. The van der Waals surface area contributed by atoms with E-state index in [1.54, 1.807) is 0 Å². The standard InChI is InChI=1S/C18H20N2O/c1-2-13-8-10-14(11-9-13)20-18(21)16-5-3-7-17-15(16)6-4-12-19-17/h3,5,7-11,19H,2,4,6,12H2,1H3,(H,20,21). The van der Waals surface area contributed by atoms with Crippen molar-refractivity contribution in [3.05, 3.63) is 59.2 Å². The molecule has 108 valence electrons. The molecule has 0 spiro atoms. The van der Waals surface area contributed by atoms with E-state index in [1.165, 1.54) is 5.56 Å². The lowest BCUT2D eigenvalue weighted by Gasteiger charge is -2.20. The molecule has 0 aromatic heterocycles. The van der Waals surface area contributed by atoms with E-state index in [0.29, 0.717) is 0 Å². The number of hydrogen-bond donors (Lipinski definition) is 2. The van der Waals surface area contributed by atoms with E-state index in [4.69, 9.17) is 0 Å². The zero-order valence-electron chi connectivity index (χ0n) is 12.3. The number of anilines is 2. The molecular weight excluding hydrogens is 260 g/mol. The molecule has 0 bridgehead atoms. The van der Waals surface area contributed by atoms with Gasteiger partial charge in [-0.2, -0.15) is 0 Å². The summed E-state index contributed by atoms with van der Waals surface area (Å²) in [6.45, 7) is 3.10. The highest BCUT2D eigenvalue weighted by molar-refractivity contribution is 6.06. The van der Waals surface area contributed by atoms with Crippen LogP contribution in [0.5, 0.6) is 0 Å². The number of carbonyl (C=O) groups excluding carboxylic acids is 1. The van der Waals surface area contributed by atoms with Gasteiger partial charge >= 0.3 is 0 Å². The topological polar surface area (TPSA) is 41.1 Å². The average Bonchev–Trinajstić information content (AvgIpc) is 2.55. The Balaban J connectivity index is 1.82. The van der Waals surface area contributed by atoms with Crippen LogP contribution in [0.25, 0.3) is 0 Å². The highest BCUT2D eigenvalue weighted by Crippen LogP contribution is 2.26. The molecule has 3 rings (SSSR count). The molecule has 2 aromatic rings. The zero-order chi connectivity index (χ0) is 14.7. The van der Waals surface area contributed by atoms with Crippen molar-refractivity contribution in [3.8, 4) is 0 Å². The Bertz CT molecular complexity index is 647. The van der Waals surface area contributed by atoms with Gasteiger partial charge in [-0.1, -0.05) is 25.1 Å². The fourth-order valence-electron chi connectivity index (χ4n) is 2.74. The second-order valence-corrected chi connectivity index (χ2v) is 5.37. The van der Waals surface area contributed by atoms with Gasteiger partial charge in [0.05, 0.1) is 0 Å². The Morgan fingerprint density at radius 2 is 2.00 bits per heavy atom. The number of fused-ring (bicyclic) bond motifs is 1. The van der Waals surface area contributed by atoms with E-state index in [0.717, 1.165) is 48.3 Å². The van der Waals surface area contributed by atoms with Gasteiger partial charge in [0.1, 0.15) is 0 Å². The lowest BCUT2D eigenvalue weighted by atomic mass is 9.97. The summed E-state index contributed by atoms with van der Waals surface area (Å²) in [4.78, 5) is 12.5. The quantitative estimate of drug-likeness (QED) is 0.896. The zero-order valence-corrected chi connectivity index (χ0v) is 12.3. The molecule has 2 aromatic carbocycles. The van der Waals surface area contributed by atoms with E-state index in [1.807, 2.05) is 30.3 Å². The van der Waals surface area contributed by atoms with E-state index >= 15 is 0 Å². The normalized spacial score (nSPS) is 13.2. The van der Waals surface area contributed by atoms with Crippen LogP contribution in [-0.2, 0) is 12.8 Å². The first-order valence-corrected chi connectivity index (χ1v) is 7.54. The molecule has 0 atom stereocenters. The van der Waals surface area contributed by atoms with Crippen molar-refractivity contribution in [2.75, 3.05) is 17.2 Å². The van der Waals surface area contributed by atoms with Crippen molar-refractivity contribution < 1.29 is 4.79 Å². The van der Waals surface area contributed by atoms with Crippen molar-refractivity contribution in [2.24, 2.45) is 0 Å². The predicted molar refractivity (Wildman–Crippen MR) is 87.0 cm³/mol.